The summed E-state index contributed by atoms with van der Waals surface area (Å²) in [6.45, 7) is 8.90. The van der Waals surface area contributed by atoms with Gasteiger partial charge in [0.1, 0.15) is 0 Å². The second-order valence-corrected chi connectivity index (χ2v) is 8.04. The molecule has 3 unspecified atom stereocenters. The molecular formula is C18H35Cl2N3O2. The highest BCUT2D eigenvalue weighted by atomic mass is 35.5. The summed E-state index contributed by atoms with van der Waals surface area (Å²) in [6.07, 6.45) is 6.76. The van der Waals surface area contributed by atoms with Crippen LogP contribution in [0.3, 0.4) is 0 Å². The number of amides is 1. The second-order valence-electron chi connectivity index (χ2n) is 8.04. The molecule has 3 rings (SSSR count). The molecule has 2 N–H and O–H groups in total. The molecule has 148 valence electrons. The van der Waals surface area contributed by atoms with E-state index >= 15 is 0 Å². The number of morpholine rings is 1. The molecule has 3 aliphatic rings. The van der Waals surface area contributed by atoms with E-state index in [0.29, 0.717) is 18.1 Å². The minimum Gasteiger partial charge on any atom is -0.376 e. The summed E-state index contributed by atoms with van der Waals surface area (Å²) in [6, 6.07) is 0.612. The van der Waals surface area contributed by atoms with E-state index in [9.17, 15) is 4.79 Å². The third-order valence-electron chi connectivity index (χ3n) is 6.12. The first-order valence-corrected chi connectivity index (χ1v) is 9.41. The number of ether oxygens (including phenoxy) is 1. The monoisotopic (exact) mass is 395 g/mol. The number of nitrogens with zero attached hydrogens (tertiary/aromatic N) is 2. The fourth-order valence-electron chi connectivity index (χ4n) is 4.61. The van der Waals surface area contributed by atoms with Crippen LogP contribution in [0.1, 0.15) is 52.4 Å². The number of hydrogen-bond donors (Lipinski definition) is 1. The third-order valence-corrected chi connectivity index (χ3v) is 6.12. The van der Waals surface area contributed by atoms with Crippen molar-refractivity contribution in [2.45, 2.75) is 70.1 Å². The molecule has 7 heteroatoms. The van der Waals surface area contributed by atoms with Gasteiger partial charge in [-0.2, -0.15) is 0 Å². The van der Waals surface area contributed by atoms with Crippen LogP contribution in [0.25, 0.3) is 0 Å². The Morgan fingerprint density at radius 3 is 2.40 bits per heavy atom. The zero-order chi connectivity index (χ0) is 16.4. The van der Waals surface area contributed by atoms with E-state index in [1.54, 1.807) is 0 Å². The molecule has 0 aromatic carbocycles. The van der Waals surface area contributed by atoms with Crippen LogP contribution in [0.15, 0.2) is 0 Å². The standard InChI is InChI=1S/C18H33N3O2.2ClH/c1-14-13-21(11-12-23-14)15-6-9-20(10-7-15)17(22)16-5-3-4-8-18(16,2)19;;/h14-16H,3-13,19H2,1-2H3;2*1H. The van der Waals surface area contributed by atoms with Gasteiger partial charge in [0.15, 0.2) is 0 Å². The number of nitrogens with two attached hydrogens (primary N) is 1. The lowest BCUT2D eigenvalue weighted by atomic mass is 9.74. The van der Waals surface area contributed by atoms with E-state index in [4.69, 9.17) is 10.5 Å². The molecule has 0 bridgehead atoms. The average molecular weight is 396 g/mol. The molecule has 1 amide bonds. The van der Waals surface area contributed by atoms with Crippen molar-refractivity contribution < 1.29 is 9.53 Å². The van der Waals surface area contributed by atoms with E-state index in [2.05, 4.69) is 23.6 Å². The largest absolute Gasteiger partial charge is 0.376 e. The fourth-order valence-corrected chi connectivity index (χ4v) is 4.61. The normalized spacial score (nSPS) is 34.8. The molecule has 3 fully saturated rings. The predicted octanol–water partition coefficient (Wildman–Crippen LogP) is 2.45. The Kier molecular flexibility index (Phi) is 8.95. The Hall–Kier alpha value is -0.0700. The molecule has 1 aliphatic carbocycles. The molecule has 0 radical (unpaired) electrons. The van der Waals surface area contributed by atoms with Crippen molar-refractivity contribution >= 4 is 30.7 Å². The van der Waals surface area contributed by atoms with Crippen molar-refractivity contribution in [2.75, 3.05) is 32.8 Å². The maximum absolute atomic E-state index is 12.9. The molecular weight excluding hydrogens is 361 g/mol. The zero-order valence-electron chi connectivity index (χ0n) is 15.6. The SMILES string of the molecule is CC1CN(C2CCN(C(=O)C3CCCCC3(C)N)CC2)CCO1.Cl.Cl. The van der Waals surface area contributed by atoms with Crippen LogP contribution in [-0.4, -0.2) is 66.2 Å². The number of rotatable bonds is 2. The van der Waals surface area contributed by atoms with Gasteiger partial charge in [0.25, 0.3) is 0 Å². The summed E-state index contributed by atoms with van der Waals surface area (Å²) < 4.78 is 5.64. The molecule has 3 atom stereocenters. The molecule has 0 aromatic rings. The Morgan fingerprint density at radius 2 is 1.80 bits per heavy atom. The quantitative estimate of drug-likeness (QED) is 0.779. The molecule has 2 heterocycles. The number of halogens is 2. The highest BCUT2D eigenvalue weighted by molar-refractivity contribution is 5.85. The van der Waals surface area contributed by atoms with Crippen molar-refractivity contribution in [1.29, 1.82) is 0 Å². The molecule has 0 aromatic heterocycles. The maximum Gasteiger partial charge on any atom is 0.227 e. The molecule has 2 saturated heterocycles. The van der Waals surface area contributed by atoms with Gasteiger partial charge in [-0.05, 0) is 39.5 Å². The van der Waals surface area contributed by atoms with Crippen LogP contribution in [0.4, 0.5) is 0 Å². The highest BCUT2D eigenvalue weighted by Gasteiger charge is 2.40. The first-order valence-electron chi connectivity index (χ1n) is 9.41. The lowest BCUT2D eigenvalue weighted by Gasteiger charge is -2.44. The lowest BCUT2D eigenvalue weighted by Crippen LogP contribution is -2.56. The molecule has 5 nitrogen and oxygen atoms in total. The smallest absolute Gasteiger partial charge is 0.227 e. The summed E-state index contributed by atoms with van der Waals surface area (Å²) >= 11 is 0. The topological polar surface area (TPSA) is 58.8 Å². The molecule has 2 aliphatic heterocycles. The predicted molar refractivity (Wildman–Crippen MR) is 106 cm³/mol. The summed E-state index contributed by atoms with van der Waals surface area (Å²) in [5.74, 6) is 0.333. The van der Waals surface area contributed by atoms with E-state index in [0.717, 1.165) is 71.3 Å². The van der Waals surface area contributed by atoms with Crippen molar-refractivity contribution in [2.24, 2.45) is 11.7 Å². The Morgan fingerprint density at radius 1 is 1.12 bits per heavy atom. The van der Waals surface area contributed by atoms with Gasteiger partial charge < -0.3 is 15.4 Å². The van der Waals surface area contributed by atoms with Crippen molar-refractivity contribution in [3.05, 3.63) is 0 Å². The van der Waals surface area contributed by atoms with Crippen LogP contribution in [-0.2, 0) is 9.53 Å². The fraction of sp³-hybridized carbons (Fsp3) is 0.944. The van der Waals surface area contributed by atoms with Gasteiger partial charge in [0.2, 0.25) is 5.91 Å². The van der Waals surface area contributed by atoms with Crippen molar-refractivity contribution in [3.8, 4) is 0 Å². The van der Waals surface area contributed by atoms with Gasteiger partial charge in [-0.25, -0.2) is 0 Å². The van der Waals surface area contributed by atoms with Crippen LogP contribution in [0, 0.1) is 5.92 Å². The van der Waals surface area contributed by atoms with Gasteiger partial charge in [-0.15, -0.1) is 24.8 Å². The van der Waals surface area contributed by atoms with E-state index in [1.165, 1.54) is 0 Å². The van der Waals surface area contributed by atoms with E-state index in [1.807, 2.05) is 0 Å². The number of hydrogen-bond acceptors (Lipinski definition) is 4. The summed E-state index contributed by atoms with van der Waals surface area (Å²) in [7, 11) is 0. The van der Waals surface area contributed by atoms with Gasteiger partial charge in [-0.3, -0.25) is 9.69 Å². The minimum atomic E-state index is -0.314. The number of carbonyl (C=O) groups excluding carboxylic acids is 1. The van der Waals surface area contributed by atoms with Gasteiger partial charge in [0.05, 0.1) is 18.6 Å². The van der Waals surface area contributed by atoms with Crippen molar-refractivity contribution in [1.82, 2.24) is 9.80 Å². The first-order chi connectivity index (χ1) is 11.0. The Balaban J connectivity index is 0.00000156. The molecule has 25 heavy (non-hydrogen) atoms. The van der Waals surface area contributed by atoms with Crippen LogP contribution >= 0.6 is 24.8 Å². The highest BCUT2D eigenvalue weighted by Crippen LogP contribution is 2.33. The summed E-state index contributed by atoms with van der Waals surface area (Å²) in [5.41, 5.74) is 6.11. The van der Waals surface area contributed by atoms with Crippen LogP contribution in [0.2, 0.25) is 0 Å². The third kappa shape index (κ3) is 5.46. The zero-order valence-corrected chi connectivity index (χ0v) is 17.2. The van der Waals surface area contributed by atoms with Crippen molar-refractivity contribution in [3.63, 3.8) is 0 Å². The van der Waals surface area contributed by atoms with Crippen LogP contribution < -0.4 is 5.73 Å². The van der Waals surface area contributed by atoms with Gasteiger partial charge in [-0.1, -0.05) is 12.8 Å². The first kappa shape index (κ1) is 23.0. The van der Waals surface area contributed by atoms with Gasteiger partial charge in [0, 0.05) is 37.8 Å². The number of carbonyl (C=O) groups is 1. The number of piperidine rings is 1. The minimum absolute atomic E-state index is 0. The average Bonchev–Trinajstić information content (AvgIpc) is 2.54. The van der Waals surface area contributed by atoms with E-state index in [-0.39, 0.29) is 36.3 Å². The molecule has 0 spiro atoms. The number of likely N-dealkylation sites (tertiary alicyclic amines) is 1. The van der Waals surface area contributed by atoms with E-state index < -0.39 is 0 Å². The molecule has 1 saturated carbocycles. The lowest BCUT2D eigenvalue weighted by molar-refractivity contribution is -0.141. The Bertz CT molecular complexity index is 429. The van der Waals surface area contributed by atoms with Crippen LogP contribution in [0.5, 0.6) is 0 Å². The van der Waals surface area contributed by atoms with Gasteiger partial charge >= 0.3 is 0 Å². The second kappa shape index (κ2) is 9.75. The summed E-state index contributed by atoms with van der Waals surface area (Å²) in [5, 5.41) is 0. The summed E-state index contributed by atoms with van der Waals surface area (Å²) in [4.78, 5) is 17.6. The Labute approximate surface area is 164 Å². The maximum atomic E-state index is 12.9.